The van der Waals surface area contributed by atoms with Crippen LogP contribution in [-0.4, -0.2) is 44.7 Å². The van der Waals surface area contributed by atoms with Crippen molar-refractivity contribution in [2.45, 2.75) is 4.90 Å². The van der Waals surface area contributed by atoms with Crippen LogP contribution < -0.4 is 4.90 Å². The maximum Gasteiger partial charge on any atom is 0.225 e. The van der Waals surface area contributed by atoms with Gasteiger partial charge in [-0.3, -0.25) is 0 Å². The molecule has 1 unspecified atom stereocenters. The van der Waals surface area contributed by atoms with Crippen molar-refractivity contribution in [3.05, 3.63) is 47.2 Å². The fourth-order valence-corrected chi connectivity index (χ4v) is 4.14. The minimum Gasteiger partial charge on any atom is -0.338 e. The first-order chi connectivity index (χ1) is 10.3. The second kappa shape index (κ2) is 6.64. The van der Waals surface area contributed by atoms with Crippen LogP contribution in [0.5, 0.6) is 0 Å². The van der Waals surface area contributed by atoms with E-state index < -0.39 is 11.0 Å². The van der Waals surface area contributed by atoms with Crippen LogP contribution in [0.25, 0.3) is 0 Å². The molecule has 2 aromatic rings. The second-order valence-electron chi connectivity index (χ2n) is 4.64. The number of halogens is 1. The van der Waals surface area contributed by atoms with E-state index in [1.165, 1.54) is 0 Å². The lowest BCUT2D eigenvalue weighted by atomic mass is 10.4. The minimum absolute atomic E-state index is 0.728. The smallest absolute Gasteiger partial charge is 0.225 e. The molecule has 110 valence electrons. The summed E-state index contributed by atoms with van der Waals surface area (Å²) in [5.41, 5.74) is 0. The van der Waals surface area contributed by atoms with Crippen molar-refractivity contribution in [3.63, 3.8) is 0 Å². The number of hydrogen-bond acceptors (Lipinski definition) is 4. The third-order valence-corrected chi connectivity index (χ3v) is 5.85. The van der Waals surface area contributed by atoms with Gasteiger partial charge in [0.2, 0.25) is 5.95 Å². The van der Waals surface area contributed by atoms with Crippen molar-refractivity contribution in [1.29, 1.82) is 0 Å². The van der Waals surface area contributed by atoms with E-state index in [9.17, 15) is 4.21 Å². The zero-order valence-corrected chi connectivity index (χ0v) is 13.8. The van der Waals surface area contributed by atoms with E-state index in [1.54, 1.807) is 12.4 Å². The lowest BCUT2D eigenvalue weighted by Gasteiger charge is -2.33. The number of piperazine rings is 1. The van der Waals surface area contributed by atoms with Crippen molar-refractivity contribution in [2.24, 2.45) is 0 Å². The molecule has 0 amide bonds. The van der Waals surface area contributed by atoms with Crippen molar-refractivity contribution < 1.29 is 4.21 Å². The molecule has 0 aliphatic carbocycles. The molecule has 1 aromatic carbocycles. The standard InChI is InChI=1S/C14H15BrN4OS/c15-12-4-1-2-5-13(12)21(20)19-10-8-18(9-11-19)14-16-6-3-7-17-14/h1-7H,8-11H2. The highest BCUT2D eigenvalue weighted by Crippen LogP contribution is 2.22. The molecular weight excluding hydrogens is 352 g/mol. The lowest BCUT2D eigenvalue weighted by Crippen LogP contribution is -2.47. The van der Waals surface area contributed by atoms with E-state index in [0.717, 1.165) is 41.5 Å². The molecule has 1 aliphatic heterocycles. The molecule has 1 atom stereocenters. The van der Waals surface area contributed by atoms with Gasteiger partial charge < -0.3 is 4.90 Å². The third-order valence-electron chi connectivity index (χ3n) is 3.33. The number of nitrogens with zero attached hydrogens (tertiary/aromatic N) is 4. The second-order valence-corrected chi connectivity index (χ2v) is 6.95. The Morgan fingerprint density at radius 2 is 1.67 bits per heavy atom. The Hall–Kier alpha value is -1.31. The molecule has 2 heterocycles. The molecule has 0 spiro atoms. The third kappa shape index (κ3) is 3.30. The van der Waals surface area contributed by atoms with E-state index >= 15 is 0 Å². The molecule has 3 rings (SSSR count). The van der Waals surface area contributed by atoms with Crippen LogP contribution >= 0.6 is 15.9 Å². The van der Waals surface area contributed by atoms with Crippen LogP contribution in [0.2, 0.25) is 0 Å². The Kier molecular flexibility index (Phi) is 4.62. The first-order valence-electron chi connectivity index (χ1n) is 6.69. The molecule has 1 saturated heterocycles. The summed E-state index contributed by atoms with van der Waals surface area (Å²) in [7, 11) is -1.13. The fourth-order valence-electron chi connectivity index (χ4n) is 2.23. The largest absolute Gasteiger partial charge is 0.338 e. The van der Waals surface area contributed by atoms with Gasteiger partial charge >= 0.3 is 0 Å². The molecule has 1 fully saturated rings. The average molecular weight is 367 g/mol. The van der Waals surface area contributed by atoms with Crippen LogP contribution in [0.3, 0.4) is 0 Å². The summed E-state index contributed by atoms with van der Waals surface area (Å²) in [6, 6.07) is 9.46. The van der Waals surface area contributed by atoms with Crippen molar-refractivity contribution in [2.75, 3.05) is 31.1 Å². The van der Waals surface area contributed by atoms with E-state index in [2.05, 4.69) is 30.8 Å². The average Bonchev–Trinajstić information content (AvgIpc) is 2.56. The van der Waals surface area contributed by atoms with Crippen molar-refractivity contribution in [3.8, 4) is 0 Å². The molecule has 1 aromatic heterocycles. The van der Waals surface area contributed by atoms with E-state index in [-0.39, 0.29) is 0 Å². The summed E-state index contributed by atoms with van der Waals surface area (Å²) in [5.74, 6) is 0.740. The predicted molar refractivity (Wildman–Crippen MR) is 86.4 cm³/mol. The SMILES string of the molecule is O=S(c1ccccc1Br)N1CCN(c2ncccn2)CC1. The highest BCUT2D eigenvalue weighted by Gasteiger charge is 2.24. The zero-order chi connectivity index (χ0) is 14.7. The minimum atomic E-state index is -1.13. The molecule has 0 saturated carbocycles. The summed E-state index contributed by atoms with van der Waals surface area (Å²) in [5, 5.41) is 0. The predicted octanol–water partition coefficient (Wildman–Crippen LogP) is 2.08. The highest BCUT2D eigenvalue weighted by atomic mass is 79.9. The monoisotopic (exact) mass is 366 g/mol. The first kappa shape index (κ1) is 14.6. The van der Waals surface area contributed by atoms with Crippen LogP contribution in [0.15, 0.2) is 52.1 Å². The topological polar surface area (TPSA) is 49.3 Å². The number of benzene rings is 1. The molecule has 1 aliphatic rings. The van der Waals surface area contributed by atoms with Gasteiger partial charge in [-0.15, -0.1) is 0 Å². The maximum atomic E-state index is 12.6. The highest BCUT2D eigenvalue weighted by molar-refractivity contribution is 9.10. The van der Waals surface area contributed by atoms with E-state index in [4.69, 9.17) is 0 Å². The summed E-state index contributed by atoms with van der Waals surface area (Å²) in [4.78, 5) is 11.5. The Morgan fingerprint density at radius 3 is 2.33 bits per heavy atom. The normalized spacial score (nSPS) is 17.7. The summed E-state index contributed by atoms with van der Waals surface area (Å²) in [6.07, 6.45) is 3.49. The van der Waals surface area contributed by atoms with Crippen molar-refractivity contribution in [1.82, 2.24) is 14.3 Å². The van der Waals surface area contributed by atoms with Gasteiger partial charge in [0.25, 0.3) is 0 Å². The molecule has 5 nitrogen and oxygen atoms in total. The number of hydrogen-bond donors (Lipinski definition) is 0. The Morgan fingerprint density at radius 1 is 1.00 bits per heavy atom. The molecule has 0 N–H and O–H groups in total. The lowest BCUT2D eigenvalue weighted by molar-refractivity contribution is 0.407. The van der Waals surface area contributed by atoms with Gasteiger partial charge in [-0.1, -0.05) is 12.1 Å². The fraction of sp³-hybridized carbons (Fsp3) is 0.286. The summed E-state index contributed by atoms with van der Waals surface area (Å²) >= 11 is 3.46. The quantitative estimate of drug-likeness (QED) is 0.834. The summed E-state index contributed by atoms with van der Waals surface area (Å²) in [6.45, 7) is 3.01. The molecule has 0 radical (unpaired) electrons. The Bertz CT molecular complexity index is 632. The van der Waals surface area contributed by atoms with Gasteiger partial charge in [-0.2, -0.15) is 0 Å². The van der Waals surface area contributed by atoms with E-state index in [1.807, 2.05) is 34.6 Å². The molecule has 21 heavy (non-hydrogen) atoms. The van der Waals surface area contributed by atoms with Crippen LogP contribution in [0, 0.1) is 0 Å². The van der Waals surface area contributed by atoms with Gasteiger partial charge in [0.1, 0.15) is 11.0 Å². The van der Waals surface area contributed by atoms with Crippen LogP contribution in [0.4, 0.5) is 5.95 Å². The van der Waals surface area contributed by atoms with Crippen molar-refractivity contribution >= 4 is 32.9 Å². The van der Waals surface area contributed by atoms with Gasteiger partial charge in [-0.05, 0) is 34.1 Å². The Balaban J connectivity index is 1.66. The number of anilines is 1. The summed E-state index contributed by atoms with van der Waals surface area (Å²) < 4.78 is 15.5. The molecule has 7 heteroatoms. The van der Waals surface area contributed by atoms with Gasteiger partial charge in [0.15, 0.2) is 0 Å². The van der Waals surface area contributed by atoms with Crippen LogP contribution in [0.1, 0.15) is 0 Å². The van der Waals surface area contributed by atoms with E-state index in [0.29, 0.717) is 0 Å². The Labute approximate surface area is 134 Å². The van der Waals surface area contributed by atoms with Gasteiger partial charge in [-0.25, -0.2) is 18.5 Å². The maximum absolute atomic E-state index is 12.6. The zero-order valence-electron chi connectivity index (χ0n) is 11.4. The van der Waals surface area contributed by atoms with Gasteiger partial charge in [0, 0.05) is 43.0 Å². The molecule has 0 bridgehead atoms. The van der Waals surface area contributed by atoms with Gasteiger partial charge in [0.05, 0.1) is 4.90 Å². The molecular formula is C14H15BrN4OS. The number of rotatable bonds is 3. The number of aromatic nitrogens is 2. The first-order valence-corrected chi connectivity index (χ1v) is 8.59. The van der Waals surface area contributed by atoms with Crippen LogP contribution in [-0.2, 0) is 11.0 Å².